The number of hydrogen-bond acceptors (Lipinski definition) is 4. The average Bonchev–Trinajstić information content (AvgIpc) is 3.44. The fourth-order valence-corrected chi connectivity index (χ4v) is 13.1. The molecule has 4 nitrogen and oxygen atoms in total. The van der Waals surface area contributed by atoms with E-state index in [1.165, 1.54) is 11.1 Å². The van der Waals surface area contributed by atoms with Gasteiger partial charge in [0.25, 0.3) is 0 Å². The van der Waals surface area contributed by atoms with Gasteiger partial charge in [0.15, 0.2) is 11.6 Å². The van der Waals surface area contributed by atoms with Crippen LogP contribution in [0.1, 0.15) is 117 Å². The zero-order valence-corrected chi connectivity index (χ0v) is 26.8. The van der Waals surface area contributed by atoms with Crippen molar-refractivity contribution in [2.75, 3.05) is 0 Å². The molecule has 0 unspecified atom stereocenters. The Morgan fingerprint density at radius 2 is 1.00 bits per heavy atom. The summed E-state index contributed by atoms with van der Waals surface area (Å²) in [5.74, 6) is 18.0. The van der Waals surface area contributed by atoms with Crippen molar-refractivity contribution in [2.45, 2.75) is 128 Å². The van der Waals surface area contributed by atoms with Crippen molar-refractivity contribution in [3.63, 3.8) is 0 Å². The first kappa shape index (κ1) is 29.3. The lowest BCUT2D eigenvalue weighted by atomic mass is 9.50. The second kappa shape index (κ2) is 10.2. The van der Waals surface area contributed by atoms with Crippen LogP contribution in [-0.4, -0.2) is 33.0 Å². The third-order valence-electron chi connectivity index (χ3n) is 15.5. The predicted molar refractivity (Wildman–Crippen MR) is 170 cm³/mol. The predicted octanol–water partition coefficient (Wildman–Crippen LogP) is 6.74. The zero-order valence-electron chi connectivity index (χ0n) is 26.8. The highest BCUT2D eigenvalue weighted by Gasteiger charge is 2.63. The molecule has 2 N–H and O–H groups in total. The fourth-order valence-electron chi connectivity index (χ4n) is 13.1. The standard InChI is InChI=1S/C40H50O4/c1-37-19-13-31-29-11-7-27(41)23-25(29)5-9-33(31)35(37)15-21-39(37,43)17-3-4-18-40(44)22-16-36-34-10-6-26-24-28(42)8-12-30(26)32(34)14-20-38(36,40)2/h23-24,29-36,43-44H,5-16,19-22H2,1-2H3/t29-,30+,31-,32+,33+,34-,35+,36-,37+,38-,39-,40+. The van der Waals surface area contributed by atoms with Gasteiger partial charge in [0, 0.05) is 23.7 Å². The molecule has 0 aromatic rings. The van der Waals surface area contributed by atoms with E-state index < -0.39 is 11.2 Å². The number of fused-ring (bicyclic) bond motifs is 10. The van der Waals surface area contributed by atoms with Crippen LogP contribution < -0.4 is 0 Å². The topological polar surface area (TPSA) is 74.6 Å². The highest BCUT2D eigenvalue weighted by atomic mass is 16.3. The molecular formula is C40H50O4. The summed E-state index contributed by atoms with van der Waals surface area (Å²) < 4.78 is 0. The lowest BCUT2D eigenvalue weighted by Gasteiger charge is -2.54. The molecule has 12 atom stereocenters. The minimum atomic E-state index is -1.03. The lowest BCUT2D eigenvalue weighted by Crippen LogP contribution is -2.52. The van der Waals surface area contributed by atoms with Gasteiger partial charge in [-0.15, -0.1) is 0 Å². The molecule has 8 aliphatic carbocycles. The van der Waals surface area contributed by atoms with Crippen molar-refractivity contribution in [1.29, 1.82) is 0 Å². The first-order chi connectivity index (χ1) is 21.1. The summed E-state index contributed by atoms with van der Waals surface area (Å²) in [4.78, 5) is 24.1. The van der Waals surface area contributed by atoms with Gasteiger partial charge < -0.3 is 10.2 Å². The Morgan fingerprint density at radius 3 is 1.43 bits per heavy atom. The summed E-state index contributed by atoms with van der Waals surface area (Å²) >= 11 is 0. The summed E-state index contributed by atoms with van der Waals surface area (Å²) in [6.45, 7) is 4.56. The van der Waals surface area contributed by atoms with Gasteiger partial charge in [-0.25, -0.2) is 0 Å². The maximum Gasteiger partial charge on any atom is 0.155 e. The molecule has 8 rings (SSSR count). The third-order valence-corrected chi connectivity index (χ3v) is 15.5. The molecule has 4 heteroatoms. The first-order valence-corrected chi connectivity index (χ1v) is 18.0. The lowest BCUT2D eigenvalue weighted by molar-refractivity contribution is -0.117. The van der Waals surface area contributed by atoms with Crippen LogP contribution in [0.5, 0.6) is 0 Å². The maximum atomic E-state index is 12.1. The van der Waals surface area contributed by atoms with E-state index in [2.05, 4.69) is 37.5 Å². The van der Waals surface area contributed by atoms with Crippen LogP contribution in [0.15, 0.2) is 23.3 Å². The Balaban J connectivity index is 0.987. The molecule has 0 spiro atoms. The van der Waals surface area contributed by atoms with Gasteiger partial charge in [-0.2, -0.15) is 0 Å². The van der Waals surface area contributed by atoms with E-state index >= 15 is 0 Å². The van der Waals surface area contributed by atoms with Crippen molar-refractivity contribution in [3.05, 3.63) is 23.3 Å². The molecule has 0 heterocycles. The monoisotopic (exact) mass is 594 g/mol. The SMILES string of the molecule is C[C@]12CC[C@H]3[C@H](CCC4=CC(=O)CC[C@H]43)[C@@H]1CC[C@]2(O)C#CC#C[C@]1(O)CC[C@@H]2[C@@H]3CCC4=CC(=O)CC[C@@H]4[C@@H]3CC[C@]21C. The summed E-state index contributed by atoms with van der Waals surface area (Å²) in [5.41, 5.74) is 0.276. The van der Waals surface area contributed by atoms with Crippen LogP contribution in [0.4, 0.5) is 0 Å². The number of carbonyl (C=O) groups excluding carboxylic acids is 2. The largest absolute Gasteiger partial charge is 0.377 e. The van der Waals surface area contributed by atoms with Crippen LogP contribution in [-0.2, 0) is 9.59 Å². The van der Waals surface area contributed by atoms with E-state index in [1.54, 1.807) is 0 Å². The minimum Gasteiger partial charge on any atom is -0.377 e. The number of carbonyl (C=O) groups is 2. The van der Waals surface area contributed by atoms with Crippen LogP contribution in [0.3, 0.4) is 0 Å². The van der Waals surface area contributed by atoms with Gasteiger partial charge >= 0.3 is 0 Å². The quantitative estimate of drug-likeness (QED) is 0.305. The van der Waals surface area contributed by atoms with Gasteiger partial charge in [0.1, 0.15) is 11.2 Å². The van der Waals surface area contributed by atoms with Gasteiger partial charge in [0.2, 0.25) is 0 Å². The number of aliphatic hydroxyl groups is 2. The molecular weight excluding hydrogens is 544 g/mol. The van der Waals surface area contributed by atoms with Crippen LogP contribution in [0, 0.1) is 81.9 Å². The van der Waals surface area contributed by atoms with E-state index in [1.807, 2.05) is 12.2 Å². The summed E-state index contributed by atoms with van der Waals surface area (Å²) in [7, 11) is 0. The van der Waals surface area contributed by atoms with Gasteiger partial charge in [-0.05, 0) is 161 Å². The molecule has 234 valence electrons. The van der Waals surface area contributed by atoms with E-state index in [0.717, 1.165) is 77.0 Å². The molecule has 6 saturated carbocycles. The Kier molecular flexibility index (Phi) is 6.77. The number of allylic oxidation sites excluding steroid dienone is 2. The molecule has 0 saturated heterocycles. The Bertz CT molecular complexity index is 1350. The zero-order chi connectivity index (χ0) is 30.5. The van der Waals surface area contributed by atoms with Crippen molar-refractivity contribution in [1.82, 2.24) is 0 Å². The van der Waals surface area contributed by atoms with E-state index in [0.29, 0.717) is 84.6 Å². The van der Waals surface area contributed by atoms with E-state index in [-0.39, 0.29) is 10.8 Å². The van der Waals surface area contributed by atoms with Crippen molar-refractivity contribution in [2.24, 2.45) is 58.2 Å². The normalized spacial score (nSPS) is 50.5. The molecule has 0 aliphatic heterocycles. The van der Waals surface area contributed by atoms with Crippen LogP contribution >= 0.6 is 0 Å². The van der Waals surface area contributed by atoms with E-state index in [4.69, 9.17) is 0 Å². The van der Waals surface area contributed by atoms with Gasteiger partial charge in [-0.1, -0.05) is 36.8 Å². The highest BCUT2D eigenvalue weighted by molar-refractivity contribution is 5.91. The number of rotatable bonds is 0. The van der Waals surface area contributed by atoms with Crippen molar-refractivity contribution < 1.29 is 19.8 Å². The molecule has 0 bridgehead atoms. The Morgan fingerprint density at radius 1 is 0.568 bits per heavy atom. The molecule has 8 aliphatic rings. The Hall–Kier alpha value is -2.14. The third kappa shape index (κ3) is 4.12. The molecule has 0 aromatic heterocycles. The number of hydrogen-bond donors (Lipinski definition) is 2. The van der Waals surface area contributed by atoms with Gasteiger partial charge in [0.05, 0.1) is 0 Å². The van der Waals surface area contributed by atoms with Crippen molar-refractivity contribution in [3.8, 4) is 23.7 Å². The molecule has 6 fully saturated rings. The molecule has 0 radical (unpaired) electrons. The smallest absolute Gasteiger partial charge is 0.155 e. The first-order valence-electron chi connectivity index (χ1n) is 18.0. The van der Waals surface area contributed by atoms with Crippen molar-refractivity contribution >= 4 is 11.6 Å². The molecule has 0 aromatic carbocycles. The average molecular weight is 595 g/mol. The summed E-state index contributed by atoms with van der Waals surface area (Å²) in [6.07, 6.45) is 19.3. The van der Waals surface area contributed by atoms with Crippen LogP contribution in [0.2, 0.25) is 0 Å². The molecule has 0 amide bonds. The highest BCUT2D eigenvalue weighted by Crippen LogP contribution is 2.66. The minimum absolute atomic E-state index is 0.230. The van der Waals surface area contributed by atoms with E-state index in [9.17, 15) is 19.8 Å². The summed E-state index contributed by atoms with van der Waals surface area (Å²) in [5, 5.41) is 24.1. The van der Waals surface area contributed by atoms with Gasteiger partial charge in [-0.3, -0.25) is 9.59 Å². The maximum absolute atomic E-state index is 12.1. The summed E-state index contributed by atoms with van der Waals surface area (Å²) in [6, 6.07) is 0. The second-order valence-corrected chi connectivity index (χ2v) is 16.8. The Labute approximate surface area is 263 Å². The second-order valence-electron chi connectivity index (χ2n) is 16.8. The number of ketones is 2. The molecule has 44 heavy (non-hydrogen) atoms. The fraction of sp³-hybridized carbons (Fsp3) is 0.750. The van der Waals surface area contributed by atoms with Crippen LogP contribution in [0.25, 0.3) is 0 Å².